The quantitative estimate of drug-likeness (QED) is 0.908. The van der Waals surface area contributed by atoms with E-state index in [1.165, 1.54) is 30.7 Å². The molecule has 4 heteroatoms. The van der Waals surface area contributed by atoms with Crippen LogP contribution in [0, 0.1) is 11.6 Å². The van der Waals surface area contributed by atoms with Gasteiger partial charge in [-0.2, -0.15) is 0 Å². The summed E-state index contributed by atoms with van der Waals surface area (Å²) in [6, 6.07) is 11.8. The third-order valence-corrected chi connectivity index (χ3v) is 3.82. The van der Waals surface area contributed by atoms with Gasteiger partial charge in [-0.1, -0.05) is 12.1 Å². The van der Waals surface area contributed by atoms with E-state index in [1.54, 1.807) is 0 Å². The highest BCUT2D eigenvalue weighted by atomic mass is 19.1. The molecule has 110 valence electrons. The van der Waals surface area contributed by atoms with Gasteiger partial charge >= 0.3 is 0 Å². The number of anilines is 2. The van der Waals surface area contributed by atoms with Crippen molar-refractivity contribution in [1.82, 2.24) is 0 Å². The van der Waals surface area contributed by atoms with Crippen molar-refractivity contribution < 1.29 is 8.78 Å². The van der Waals surface area contributed by atoms with E-state index < -0.39 is 11.6 Å². The number of halogens is 2. The van der Waals surface area contributed by atoms with Crippen LogP contribution in [0.1, 0.15) is 18.4 Å². The molecule has 0 spiro atoms. The molecule has 2 nitrogen and oxygen atoms in total. The maximum Gasteiger partial charge on any atom is 0.149 e. The summed E-state index contributed by atoms with van der Waals surface area (Å²) in [5, 5.41) is 2.99. The monoisotopic (exact) mass is 288 g/mol. The molecule has 0 bridgehead atoms. The molecule has 0 amide bonds. The van der Waals surface area contributed by atoms with Gasteiger partial charge in [0.1, 0.15) is 11.6 Å². The Kier molecular flexibility index (Phi) is 4.04. The second-order valence-corrected chi connectivity index (χ2v) is 5.34. The third-order valence-electron chi connectivity index (χ3n) is 3.82. The molecule has 21 heavy (non-hydrogen) atoms. The molecular formula is C17H18F2N2. The summed E-state index contributed by atoms with van der Waals surface area (Å²) in [6.45, 7) is 2.76. The Balaban J connectivity index is 1.62. The highest BCUT2D eigenvalue weighted by Gasteiger charge is 2.11. The predicted octanol–water partition coefficient (Wildman–Crippen LogP) is 4.18. The SMILES string of the molecule is Fc1ccc(NCc2ccc(N3CCCC3)cc2)c(F)c1. The summed E-state index contributed by atoms with van der Waals surface area (Å²) in [4.78, 5) is 2.37. The van der Waals surface area contributed by atoms with Gasteiger partial charge in [-0.25, -0.2) is 8.78 Å². The van der Waals surface area contributed by atoms with Crippen LogP contribution in [0.15, 0.2) is 42.5 Å². The van der Waals surface area contributed by atoms with Crippen molar-refractivity contribution in [1.29, 1.82) is 0 Å². The van der Waals surface area contributed by atoms with Gasteiger partial charge in [-0.15, -0.1) is 0 Å². The molecule has 1 saturated heterocycles. The number of nitrogens with zero attached hydrogens (tertiary/aromatic N) is 1. The molecule has 0 saturated carbocycles. The third kappa shape index (κ3) is 3.32. The average Bonchev–Trinajstić information content (AvgIpc) is 3.01. The molecule has 1 aliphatic rings. The van der Waals surface area contributed by atoms with E-state index in [0.717, 1.165) is 24.7 Å². The van der Waals surface area contributed by atoms with Gasteiger partial charge in [0.05, 0.1) is 5.69 Å². The molecule has 1 heterocycles. The second-order valence-electron chi connectivity index (χ2n) is 5.34. The molecule has 0 radical (unpaired) electrons. The molecule has 0 unspecified atom stereocenters. The molecule has 1 N–H and O–H groups in total. The fraction of sp³-hybridized carbons (Fsp3) is 0.294. The van der Waals surface area contributed by atoms with Crippen molar-refractivity contribution >= 4 is 11.4 Å². The summed E-state index contributed by atoms with van der Waals surface area (Å²) in [5.41, 5.74) is 2.63. The van der Waals surface area contributed by atoms with E-state index in [-0.39, 0.29) is 0 Å². The van der Waals surface area contributed by atoms with E-state index in [0.29, 0.717) is 12.2 Å². The first-order valence-corrected chi connectivity index (χ1v) is 7.25. The first-order valence-electron chi connectivity index (χ1n) is 7.25. The van der Waals surface area contributed by atoms with Crippen LogP contribution in [-0.4, -0.2) is 13.1 Å². The summed E-state index contributed by atoms with van der Waals surface area (Å²) in [7, 11) is 0. The highest BCUT2D eigenvalue weighted by molar-refractivity contribution is 5.50. The van der Waals surface area contributed by atoms with Crippen LogP contribution in [-0.2, 0) is 6.54 Å². The van der Waals surface area contributed by atoms with Gasteiger partial charge in [0.25, 0.3) is 0 Å². The minimum absolute atomic E-state index is 0.319. The number of hydrogen-bond donors (Lipinski definition) is 1. The number of nitrogens with one attached hydrogen (secondary N) is 1. The van der Waals surface area contributed by atoms with Crippen LogP contribution in [0.5, 0.6) is 0 Å². The zero-order valence-electron chi connectivity index (χ0n) is 11.8. The maximum atomic E-state index is 13.5. The number of hydrogen-bond acceptors (Lipinski definition) is 2. The van der Waals surface area contributed by atoms with Gasteiger partial charge in [-0.05, 0) is 42.7 Å². The zero-order chi connectivity index (χ0) is 14.7. The molecule has 1 aliphatic heterocycles. The van der Waals surface area contributed by atoms with E-state index in [2.05, 4.69) is 22.3 Å². The fourth-order valence-corrected chi connectivity index (χ4v) is 2.63. The zero-order valence-corrected chi connectivity index (χ0v) is 11.8. The standard InChI is InChI=1S/C17H18F2N2/c18-14-5-8-17(16(19)11-14)20-12-13-3-6-15(7-4-13)21-9-1-2-10-21/h3-8,11,20H,1-2,9-10,12H2. The lowest BCUT2D eigenvalue weighted by Crippen LogP contribution is -2.17. The van der Waals surface area contributed by atoms with Crippen molar-refractivity contribution in [2.75, 3.05) is 23.3 Å². The number of benzene rings is 2. The van der Waals surface area contributed by atoms with Crippen molar-refractivity contribution in [3.05, 3.63) is 59.7 Å². The van der Waals surface area contributed by atoms with Crippen molar-refractivity contribution in [3.8, 4) is 0 Å². The first-order chi connectivity index (χ1) is 10.2. The molecule has 3 rings (SSSR count). The maximum absolute atomic E-state index is 13.5. The highest BCUT2D eigenvalue weighted by Crippen LogP contribution is 2.21. The average molecular weight is 288 g/mol. The van der Waals surface area contributed by atoms with Gasteiger partial charge < -0.3 is 10.2 Å². The minimum atomic E-state index is -0.566. The summed E-state index contributed by atoms with van der Waals surface area (Å²) in [6.07, 6.45) is 2.51. The fourth-order valence-electron chi connectivity index (χ4n) is 2.63. The van der Waals surface area contributed by atoms with Crippen LogP contribution in [0.2, 0.25) is 0 Å². The Morgan fingerprint density at radius 1 is 0.952 bits per heavy atom. The van der Waals surface area contributed by atoms with E-state index in [1.807, 2.05) is 12.1 Å². The Bertz CT molecular complexity index is 605. The Labute approximate surface area is 123 Å². The largest absolute Gasteiger partial charge is 0.379 e. The van der Waals surface area contributed by atoms with Crippen LogP contribution >= 0.6 is 0 Å². The molecule has 0 atom stereocenters. The van der Waals surface area contributed by atoms with Gasteiger partial charge in [0.15, 0.2) is 0 Å². The second kappa shape index (κ2) is 6.12. The van der Waals surface area contributed by atoms with Crippen molar-refractivity contribution in [2.24, 2.45) is 0 Å². The van der Waals surface area contributed by atoms with E-state index in [9.17, 15) is 8.78 Å². The topological polar surface area (TPSA) is 15.3 Å². The van der Waals surface area contributed by atoms with Crippen LogP contribution in [0.25, 0.3) is 0 Å². The van der Waals surface area contributed by atoms with E-state index >= 15 is 0 Å². The Morgan fingerprint density at radius 2 is 1.67 bits per heavy atom. The molecule has 2 aromatic rings. The van der Waals surface area contributed by atoms with E-state index in [4.69, 9.17) is 0 Å². The Hall–Kier alpha value is -2.10. The minimum Gasteiger partial charge on any atom is -0.379 e. The molecule has 2 aromatic carbocycles. The normalized spacial score (nSPS) is 14.5. The molecule has 0 aromatic heterocycles. The first kappa shape index (κ1) is 13.9. The van der Waals surface area contributed by atoms with Gasteiger partial charge in [0, 0.05) is 31.4 Å². The predicted molar refractivity (Wildman–Crippen MR) is 81.6 cm³/mol. The lowest BCUT2D eigenvalue weighted by molar-refractivity contribution is 0.585. The smallest absolute Gasteiger partial charge is 0.149 e. The van der Waals surface area contributed by atoms with Gasteiger partial charge in [0.2, 0.25) is 0 Å². The summed E-state index contributed by atoms with van der Waals surface area (Å²) < 4.78 is 26.3. The lowest BCUT2D eigenvalue weighted by Gasteiger charge is -2.17. The van der Waals surface area contributed by atoms with Gasteiger partial charge in [-0.3, -0.25) is 0 Å². The molecule has 0 aliphatic carbocycles. The lowest BCUT2D eigenvalue weighted by atomic mass is 10.2. The molecule has 1 fully saturated rings. The van der Waals surface area contributed by atoms with Crippen LogP contribution in [0.3, 0.4) is 0 Å². The Morgan fingerprint density at radius 3 is 2.33 bits per heavy atom. The summed E-state index contributed by atoms with van der Waals surface area (Å²) >= 11 is 0. The molecular weight excluding hydrogens is 270 g/mol. The van der Waals surface area contributed by atoms with Crippen LogP contribution in [0.4, 0.5) is 20.2 Å². The van der Waals surface area contributed by atoms with Crippen molar-refractivity contribution in [2.45, 2.75) is 19.4 Å². The van der Waals surface area contributed by atoms with Crippen molar-refractivity contribution in [3.63, 3.8) is 0 Å². The number of rotatable bonds is 4. The summed E-state index contributed by atoms with van der Waals surface area (Å²) in [5.74, 6) is -1.13. The van der Waals surface area contributed by atoms with Crippen LogP contribution < -0.4 is 10.2 Å².